The van der Waals surface area contributed by atoms with Crippen molar-refractivity contribution >= 4 is 32.4 Å². The van der Waals surface area contributed by atoms with Gasteiger partial charge in [0.05, 0.1) is 0 Å². The summed E-state index contributed by atoms with van der Waals surface area (Å²) in [6.45, 7) is 1.57. The molecule has 0 fully saturated rings. The maximum atomic E-state index is 11.5. The van der Waals surface area contributed by atoms with Gasteiger partial charge in [0.1, 0.15) is 11.4 Å². The lowest BCUT2D eigenvalue weighted by Crippen LogP contribution is -2.28. The highest BCUT2D eigenvalue weighted by molar-refractivity contribution is 7.90. The zero-order valence-corrected chi connectivity index (χ0v) is 10.6. The quantitative estimate of drug-likeness (QED) is 0.472. The monoisotopic (exact) mass is 264 g/mol. The summed E-state index contributed by atoms with van der Waals surface area (Å²) in [5, 5.41) is 13.3. The topological polar surface area (TPSA) is 94.9 Å². The van der Waals surface area contributed by atoms with Gasteiger partial charge in [-0.3, -0.25) is 0 Å². The Bertz CT molecular complexity index is 491. The van der Waals surface area contributed by atoms with Crippen LogP contribution in [0.1, 0.15) is 12.6 Å². The largest absolute Gasteiger partial charge is 0.411 e. The van der Waals surface area contributed by atoms with Crippen molar-refractivity contribution in [1.82, 2.24) is 9.29 Å². The van der Waals surface area contributed by atoms with Crippen LogP contribution in [-0.2, 0) is 10.2 Å². The lowest BCUT2D eigenvalue weighted by molar-refractivity contribution is 0.319. The van der Waals surface area contributed by atoms with Crippen LogP contribution < -0.4 is 4.72 Å². The number of thiazole rings is 1. The molecule has 1 aromatic heterocycles. The average molecular weight is 264 g/mol. The van der Waals surface area contributed by atoms with E-state index in [0.29, 0.717) is 11.4 Å². The Balaban J connectivity index is 2.89. The van der Waals surface area contributed by atoms with Gasteiger partial charge in [0.25, 0.3) is 0 Å². The fraction of sp³-hybridized carbons (Fsp3) is 0.429. The number of anilines is 1. The van der Waals surface area contributed by atoms with Crippen LogP contribution >= 0.6 is 11.3 Å². The van der Waals surface area contributed by atoms with Crippen molar-refractivity contribution in [3.63, 3.8) is 0 Å². The van der Waals surface area contributed by atoms with Crippen LogP contribution in [0.15, 0.2) is 10.5 Å². The first-order chi connectivity index (χ1) is 7.36. The van der Waals surface area contributed by atoms with Gasteiger partial charge in [-0.15, -0.1) is 11.3 Å². The molecule has 2 N–H and O–H groups in total. The molecule has 9 heteroatoms. The molecule has 0 saturated heterocycles. The Morgan fingerprint density at radius 1 is 1.62 bits per heavy atom. The predicted octanol–water partition coefficient (Wildman–Crippen LogP) is 0.560. The molecule has 1 heterocycles. The van der Waals surface area contributed by atoms with E-state index in [0.717, 1.165) is 15.6 Å². The summed E-state index contributed by atoms with van der Waals surface area (Å²) in [5.41, 5.74) is 0.760. The van der Waals surface area contributed by atoms with E-state index >= 15 is 0 Å². The Morgan fingerprint density at radius 2 is 2.25 bits per heavy atom. The molecule has 0 aliphatic carbocycles. The molecule has 0 atom stereocenters. The van der Waals surface area contributed by atoms with Crippen LogP contribution in [-0.4, -0.2) is 42.7 Å². The number of oxime groups is 1. The first-order valence-electron chi connectivity index (χ1n) is 4.21. The zero-order chi connectivity index (χ0) is 12.3. The standard InChI is InChI=1S/C7H12N4O3S2/c1-5(9-12)6-4-15-7(8-6)10-16(13,14)11(2)3/h4,12H,1-3H3,(H,8,10). The lowest BCUT2D eigenvalue weighted by Gasteiger charge is -2.10. The molecule has 0 aliphatic rings. The molecule has 0 unspecified atom stereocenters. The van der Waals surface area contributed by atoms with Crippen molar-refractivity contribution in [2.75, 3.05) is 18.8 Å². The third kappa shape index (κ3) is 2.90. The second-order valence-corrected chi connectivity index (χ2v) is 5.86. The Hall–Kier alpha value is -1.19. The van der Waals surface area contributed by atoms with Gasteiger partial charge in [-0.2, -0.15) is 12.7 Å². The summed E-state index contributed by atoms with van der Waals surface area (Å²) in [4.78, 5) is 3.96. The second-order valence-electron chi connectivity index (χ2n) is 3.11. The maximum Gasteiger partial charge on any atom is 0.302 e. The van der Waals surface area contributed by atoms with Crippen LogP contribution in [0.5, 0.6) is 0 Å². The number of hydrogen-bond acceptors (Lipinski definition) is 6. The molecule has 0 saturated carbocycles. The highest BCUT2D eigenvalue weighted by atomic mass is 32.2. The Labute approximate surface area is 97.6 Å². The van der Waals surface area contributed by atoms with Crippen LogP contribution in [0.4, 0.5) is 5.13 Å². The molecule has 1 aromatic rings. The van der Waals surface area contributed by atoms with Crippen molar-refractivity contribution in [1.29, 1.82) is 0 Å². The summed E-state index contributed by atoms with van der Waals surface area (Å²) in [7, 11) is -0.714. The van der Waals surface area contributed by atoms with Gasteiger partial charge in [0.2, 0.25) is 0 Å². The number of nitrogens with one attached hydrogen (secondary N) is 1. The fourth-order valence-electron chi connectivity index (χ4n) is 0.740. The van der Waals surface area contributed by atoms with Crippen LogP contribution in [0.2, 0.25) is 0 Å². The zero-order valence-electron chi connectivity index (χ0n) is 9.00. The molecule has 0 bridgehead atoms. The number of hydrogen-bond donors (Lipinski definition) is 2. The Morgan fingerprint density at radius 3 is 2.75 bits per heavy atom. The first kappa shape index (κ1) is 12.9. The van der Waals surface area contributed by atoms with E-state index in [1.54, 1.807) is 12.3 Å². The van der Waals surface area contributed by atoms with Crippen molar-refractivity contribution in [2.24, 2.45) is 5.16 Å². The molecule has 90 valence electrons. The van der Waals surface area contributed by atoms with Gasteiger partial charge >= 0.3 is 10.2 Å². The van der Waals surface area contributed by atoms with E-state index in [-0.39, 0.29) is 5.13 Å². The van der Waals surface area contributed by atoms with Crippen molar-refractivity contribution in [2.45, 2.75) is 6.92 Å². The minimum absolute atomic E-state index is 0.228. The molecule has 0 radical (unpaired) electrons. The smallest absolute Gasteiger partial charge is 0.302 e. The third-order valence-electron chi connectivity index (χ3n) is 1.72. The van der Waals surface area contributed by atoms with Gasteiger partial charge < -0.3 is 5.21 Å². The Kier molecular flexibility index (Phi) is 3.83. The molecule has 7 nitrogen and oxygen atoms in total. The van der Waals surface area contributed by atoms with E-state index in [9.17, 15) is 8.42 Å². The van der Waals surface area contributed by atoms with E-state index in [1.807, 2.05) is 0 Å². The highest BCUT2D eigenvalue weighted by Gasteiger charge is 2.15. The van der Waals surface area contributed by atoms with E-state index < -0.39 is 10.2 Å². The third-order valence-corrected chi connectivity index (χ3v) is 4.02. The van der Waals surface area contributed by atoms with E-state index in [1.165, 1.54) is 14.1 Å². The normalized spacial score (nSPS) is 13.1. The summed E-state index contributed by atoms with van der Waals surface area (Å²) in [5.74, 6) is 0. The SMILES string of the molecule is CC(=NO)c1csc(NS(=O)(=O)N(C)C)n1. The number of aromatic nitrogens is 1. The van der Waals surface area contributed by atoms with Gasteiger partial charge in [-0.25, -0.2) is 9.71 Å². The minimum atomic E-state index is -3.54. The van der Waals surface area contributed by atoms with Crippen LogP contribution in [0, 0.1) is 0 Å². The predicted molar refractivity (Wildman–Crippen MR) is 62.3 cm³/mol. The van der Waals surface area contributed by atoms with Crippen molar-refractivity contribution in [3.8, 4) is 0 Å². The number of nitrogens with zero attached hydrogens (tertiary/aromatic N) is 3. The highest BCUT2D eigenvalue weighted by Crippen LogP contribution is 2.17. The number of rotatable bonds is 4. The molecule has 16 heavy (non-hydrogen) atoms. The molecule has 0 aromatic carbocycles. The fourth-order valence-corrected chi connectivity index (χ4v) is 2.29. The molecule has 0 amide bonds. The van der Waals surface area contributed by atoms with Gasteiger partial charge in [-0.05, 0) is 6.92 Å². The minimum Gasteiger partial charge on any atom is -0.411 e. The summed E-state index contributed by atoms with van der Waals surface area (Å²) < 4.78 is 26.2. The van der Waals surface area contributed by atoms with E-state index in [2.05, 4.69) is 14.9 Å². The average Bonchev–Trinajstić information content (AvgIpc) is 2.64. The molecular formula is C7H12N4O3S2. The summed E-state index contributed by atoms with van der Waals surface area (Å²) in [6, 6.07) is 0. The van der Waals surface area contributed by atoms with Gasteiger partial charge in [-0.1, -0.05) is 5.16 Å². The molecule has 0 spiro atoms. The molecule has 0 aliphatic heterocycles. The lowest BCUT2D eigenvalue weighted by atomic mass is 10.3. The maximum absolute atomic E-state index is 11.5. The van der Waals surface area contributed by atoms with Gasteiger partial charge in [0.15, 0.2) is 5.13 Å². The van der Waals surface area contributed by atoms with Crippen LogP contribution in [0.3, 0.4) is 0 Å². The second kappa shape index (κ2) is 4.76. The molecule has 1 rings (SSSR count). The van der Waals surface area contributed by atoms with Crippen LogP contribution in [0.25, 0.3) is 0 Å². The first-order valence-corrected chi connectivity index (χ1v) is 6.53. The molecular weight excluding hydrogens is 252 g/mol. The van der Waals surface area contributed by atoms with E-state index in [4.69, 9.17) is 5.21 Å². The summed E-state index contributed by atoms with van der Waals surface area (Å²) >= 11 is 1.12. The van der Waals surface area contributed by atoms with Crippen molar-refractivity contribution in [3.05, 3.63) is 11.1 Å². The van der Waals surface area contributed by atoms with Gasteiger partial charge in [0, 0.05) is 19.5 Å². The van der Waals surface area contributed by atoms with Crippen molar-refractivity contribution < 1.29 is 13.6 Å². The summed E-state index contributed by atoms with van der Waals surface area (Å²) in [6.07, 6.45) is 0.